The van der Waals surface area contributed by atoms with Crippen LogP contribution < -0.4 is 15.6 Å². The van der Waals surface area contributed by atoms with Crippen molar-refractivity contribution in [3.05, 3.63) is 33.9 Å². The molecular weight excluding hydrogens is 242 g/mol. The number of guanidine groups is 1. The molecule has 1 rings (SSSR count). The molecule has 0 aliphatic carbocycles. The number of hydroxylamine groups is 1. The molecule has 0 aliphatic rings. The summed E-state index contributed by atoms with van der Waals surface area (Å²) in [5.74, 6) is -0.274. The standard InChI is InChI=1S/C9H11N5O4/c1-18-8-3-2-6(4-7(8)14(16)17)5-11-12-9(10)13-15/h2-5,15H,1H3,(H3,10,12,13). The topological polar surface area (TPSA) is 133 Å². The molecule has 9 nitrogen and oxygen atoms in total. The number of rotatable bonds is 4. The van der Waals surface area contributed by atoms with Crippen molar-refractivity contribution in [3.8, 4) is 5.75 Å². The number of ether oxygens (including phenoxy) is 1. The smallest absolute Gasteiger partial charge is 0.311 e. The van der Waals surface area contributed by atoms with Gasteiger partial charge in [0, 0.05) is 11.6 Å². The van der Waals surface area contributed by atoms with Gasteiger partial charge in [0.1, 0.15) is 0 Å². The summed E-state index contributed by atoms with van der Waals surface area (Å²) in [4.78, 5) is 10.2. The van der Waals surface area contributed by atoms with Crippen LogP contribution in [-0.2, 0) is 0 Å². The van der Waals surface area contributed by atoms with Gasteiger partial charge in [0.25, 0.3) is 0 Å². The van der Waals surface area contributed by atoms with Crippen LogP contribution >= 0.6 is 0 Å². The summed E-state index contributed by atoms with van der Waals surface area (Å²) in [5.41, 5.74) is 3.94. The molecule has 0 aromatic heterocycles. The summed E-state index contributed by atoms with van der Waals surface area (Å²) in [6, 6.07) is 4.28. The molecule has 0 saturated carbocycles. The van der Waals surface area contributed by atoms with Gasteiger partial charge in [-0.15, -0.1) is 0 Å². The van der Waals surface area contributed by atoms with E-state index in [4.69, 9.17) is 15.4 Å². The summed E-state index contributed by atoms with van der Waals surface area (Å²) < 4.78 is 4.84. The SMILES string of the molecule is COc1ccc(C=NNC(=N)NO)cc1[N+](=O)[O-]. The number of hydrazone groups is 1. The van der Waals surface area contributed by atoms with E-state index in [9.17, 15) is 10.1 Å². The van der Waals surface area contributed by atoms with Crippen molar-refractivity contribution in [1.82, 2.24) is 10.9 Å². The molecule has 0 bridgehead atoms. The fourth-order valence-corrected chi connectivity index (χ4v) is 1.13. The van der Waals surface area contributed by atoms with Crippen molar-refractivity contribution in [1.29, 1.82) is 5.41 Å². The van der Waals surface area contributed by atoms with Crippen molar-refractivity contribution >= 4 is 17.9 Å². The van der Waals surface area contributed by atoms with E-state index >= 15 is 0 Å². The van der Waals surface area contributed by atoms with Gasteiger partial charge in [-0.3, -0.25) is 20.7 Å². The van der Waals surface area contributed by atoms with Crippen LogP contribution in [0.3, 0.4) is 0 Å². The maximum Gasteiger partial charge on any atom is 0.311 e. The van der Waals surface area contributed by atoms with Gasteiger partial charge >= 0.3 is 5.69 Å². The van der Waals surface area contributed by atoms with E-state index in [1.54, 1.807) is 6.07 Å². The molecule has 0 unspecified atom stereocenters. The van der Waals surface area contributed by atoms with E-state index in [2.05, 4.69) is 10.5 Å². The molecule has 0 heterocycles. The van der Waals surface area contributed by atoms with Gasteiger partial charge in [0.2, 0.25) is 5.96 Å². The van der Waals surface area contributed by atoms with E-state index in [-0.39, 0.29) is 11.4 Å². The second-order valence-electron chi connectivity index (χ2n) is 3.05. The van der Waals surface area contributed by atoms with Gasteiger partial charge < -0.3 is 4.74 Å². The lowest BCUT2D eigenvalue weighted by atomic mass is 10.2. The van der Waals surface area contributed by atoms with E-state index in [0.717, 1.165) is 0 Å². The quantitative estimate of drug-likeness (QED) is 0.266. The molecule has 96 valence electrons. The lowest BCUT2D eigenvalue weighted by molar-refractivity contribution is -0.385. The Kier molecular flexibility index (Phi) is 4.58. The number of nitrogens with one attached hydrogen (secondary N) is 3. The minimum atomic E-state index is -0.569. The van der Waals surface area contributed by atoms with Crippen molar-refractivity contribution in [2.75, 3.05) is 7.11 Å². The first kappa shape index (κ1) is 13.4. The Balaban J connectivity index is 2.88. The highest BCUT2D eigenvalue weighted by Crippen LogP contribution is 2.26. The second-order valence-corrected chi connectivity index (χ2v) is 3.05. The van der Waals surface area contributed by atoms with Gasteiger partial charge in [-0.1, -0.05) is 0 Å². The molecule has 1 aromatic carbocycles. The predicted molar refractivity (Wildman–Crippen MR) is 63.0 cm³/mol. The Morgan fingerprint density at radius 2 is 2.39 bits per heavy atom. The minimum Gasteiger partial charge on any atom is -0.490 e. The van der Waals surface area contributed by atoms with Gasteiger partial charge in [0.15, 0.2) is 5.75 Å². The monoisotopic (exact) mass is 253 g/mol. The zero-order valence-corrected chi connectivity index (χ0v) is 9.38. The minimum absolute atomic E-state index is 0.148. The van der Waals surface area contributed by atoms with Crippen LogP contribution in [0.4, 0.5) is 5.69 Å². The summed E-state index contributed by atoms with van der Waals surface area (Å²) in [6.45, 7) is 0. The maximum atomic E-state index is 10.7. The van der Waals surface area contributed by atoms with E-state index in [1.165, 1.54) is 30.9 Å². The molecule has 9 heteroatoms. The summed E-state index contributed by atoms with van der Waals surface area (Å²) >= 11 is 0. The molecule has 1 aromatic rings. The third-order valence-electron chi connectivity index (χ3n) is 1.90. The highest BCUT2D eigenvalue weighted by molar-refractivity contribution is 5.83. The molecule has 0 radical (unpaired) electrons. The van der Waals surface area contributed by atoms with E-state index < -0.39 is 10.9 Å². The van der Waals surface area contributed by atoms with Crippen molar-refractivity contribution in [3.63, 3.8) is 0 Å². The van der Waals surface area contributed by atoms with Crippen LogP contribution in [0.2, 0.25) is 0 Å². The van der Waals surface area contributed by atoms with Crippen LogP contribution in [0.5, 0.6) is 5.75 Å². The first-order valence-corrected chi connectivity index (χ1v) is 4.68. The highest BCUT2D eigenvalue weighted by Gasteiger charge is 2.14. The molecular formula is C9H11N5O4. The van der Waals surface area contributed by atoms with Crippen LogP contribution in [0.15, 0.2) is 23.3 Å². The summed E-state index contributed by atoms with van der Waals surface area (Å²) in [6.07, 6.45) is 1.26. The third-order valence-corrected chi connectivity index (χ3v) is 1.90. The fraction of sp³-hybridized carbons (Fsp3) is 0.111. The van der Waals surface area contributed by atoms with Crippen molar-refractivity contribution in [2.24, 2.45) is 5.10 Å². The zero-order valence-electron chi connectivity index (χ0n) is 9.38. The van der Waals surface area contributed by atoms with Crippen LogP contribution in [-0.4, -0.2) is 29.4 Å². The van der Waals surface area contributed by atoms with E-state index in [0.29, 0.717) is 5.56 Å². The molecule has 4 N–H and O–H groups in total. The maximum absolute atomic E-state index is 10.7. The van der Waals surface area contributed by atoms with Gasteiger partial charge in [-0.2, -0.15) is 5.10 Å². The largest absolute Gasteiger partial charge is 0.490 e. The Labute approximate surface area is 102 Å². The Hall–Kier alpha value is -2.68. The summed E-state index contributed by atoms with van der Waals surface area (Å²) in [5, 5.41) is 29.6. The first-order valence-electron chi connectivity index (χ1n) is 4.68. The third kappa shape index (κ3) is 3.42. The van der Waals surface area contributed by atoms with Crippen molar-refractivity contribution in [2.45, 2.75) is 0 Å². The Bertz CT molecular complexity index is 488. The van der Waals surface area contributed by atoms with Gasteiger partial charge in [-0.25, -0.2) is 10.9 Å². The average molecular weight is 253 g/mol. The average Bonchev–Trinajstić information content (AvgIpc) is 2.38. The number of nitro groups is 1. The number of methoxy groups -OCH3 is 1. The molecule has 0 aliphatic heterocycles. The van der Waals surface area contributed by atoms with Crippen LogP contribution in [0.25, 0.3) is 0 Å². The number of nitro benzene ring substituents is 1. The number of hydrogen-bond donors (Lipinski definition) is 4. The lowest BCUT2D eigenvalue weighted by Crippen LogP contribution is -2.30. The molecule has 0 fully saturated rings. The first-order chi connectivity index (χ1) is 8.58. The normalized spacial score (nSPS) is 10.1. The Morgan fingerprint density at radius 1 is 1.67 bits per heavy atom. The van der Waals surface area contributed by atoms with E-state index in [1.807, 2.05) is 0 Å². The molecule has 0 amide bonds. The number of nitrogens with zero attached hydrogens (tertiary/aromatic N) is 2. The molecule has 18 heavy (non-hydrogen) atoms. The molecule has 0 saturated heterocycles. The number of hydrogen-bond acceptors (Lipinski definition) is 6. The lowest BCUT2D eigenvalue weighted by Gasteiger charge is -2.02. The molecule has 0 spiro atoms. The van der Waals surface area contributed by atoms with Crippen molar-refractivity contribution < 1.29 is 14.9 Å². The molecule has 0 atom stereocenters. The zero-order chi connectivity index (χ0) is 13.5. The van der Waals surface area contributed by atoms with Crippen LogP contribution in [0.1, 0.15) is 5.56 Å². The van der Waals surface area contributed by atoms with Gasteiger partial charge in [0.05, 0.1) is 18.2 Å². The summed E-state index contributed by atoms with van der Waals surface area (Å²) in [7, 11) is 1.34. The highest BCUT2D eigenvalue weighted by atomic mass is 16.6. The Morgan fingerprint density at radius 3 is 2.94 bits per heavy atom. The van der Waals surface area contributed by atoms with Crippen LogP contribution in [0, 0.1) is 15.5 Å². The second kappa shape index (κ2) is 6.15. The number of benzene rings is 1. The predicted octanol–water partition coefficient (Wildman–Crippen LogP) is 0.440. The fourth-order valence-electron chi connectivity index (χ4n) is 1.13. The van der Waals surface area contributed by atoms with Gasteiger partial charge in [-0.05, 0) is 12.1 Å².